The standard InChI is InChI=1S/C15H17ClN2/c1-11-3-5-12(6-4-11)10-18(2)15-8-7-13(16)9-14(15)17/h3-9H,10,17H2,1-2H3. The van der Waals surface area contributed by atoms with Crippen LogP contribution in [-0.2, 0) is 6.54 Å². The minimum Gasteiger partial charge on any atom is -0.397 e. The molecule has 0 atom stereocenters. The lowest BCUT2D eigenvalue weighted by atomic mass is 10.1. The lowest BCUT2D eigenvalue weighted by Crippen LogP contribution is -2.17. The van der Waals surface area contributed by atoms with Crippen molar-refractivity contribution in [3.63, 3.8) is 0 Å². The molecule has 0 aliphatic rings. The Balaban J connectivity index is 2.16. The molecule has 0 aliphatic heterocycles. The van der Waals surface area contributed by atoms with Gasteiger partial charge in [0.05, 0.1) is 11.4 Å². The van der Waals surface area contributed by atoms with E-state index in [1.54, 1.807) is 6.07 Å². The molecule has 0 spiro atoms. The summed E-state index contributed by atoms with van der Waals surface area (Å²) in [4.78, 5) is 2.12. The van der Waals surface area contributed by atoms with Crippen molar-refractivity contribution in [1.82, 2.24) is 0 Å². The Hall–Kier alpha value is -1.67. The van der Waals surface area contributed by atoms with E-state index >= 15 is 0 Å². The van der Waals surface area contributed by atoms with E-state index < -0.39 is 0 Å². The van der Waals surface area contributed by atoms with Crippen LogP contribution in [0.3, 0.4) is 0 Å². The maximum Gasteiger partial charge on any atom is 0.0601 e. The van der Waals surface area contributed by atoms with E-state index in [4.69, 9.17) is 17.3 Å². The van der Waals surface area contributed by atoms with Gasteiger partial charge in [-0.15, -0.1) is 0 Å². The van der Waals surface area contributed by atoms with Gasteiger partial charge in [0.2, 0.25) is 0 Å². The molecule has 0 aliphatic carbocycles. The molecule has 0 aromatic heterocycles. The number of rotatable bonds is 3. The van der Waals surface area contributed by atoms with Crippen LogP contribution in [0.1, 0.15) is 11.1 Å². The molecule has 94 valence electrons. The van der Waals surface area contributed by atoms with E-state index in [1.807, 2.05) is 19.2 Å². The Morgan fingerprint density at radius 1 is 1.11 bits per heavy atom. The van der Waals surface area contributed by atoms with Crippen LogP contribution in [0.25, 0.3) is 0 Å². The van der Waals surface area contributed by atoms with Gasteiger partial charge in [0.25, 0.3) is 0 Å². The summed E-state index contributed by atoms with van der Waals surface area (Å²) in [6.45, 7) is 2.91. The highest BCUT2D eigenvalue weighted by Crippen LogP contribution is 2.26. The van der Waals surface area contributed by atoms with Crippen molar-refractivity contribution in [2.75, 3.05) is 17.7 Å². The van der Waals surface area contributed by atoms with E-state index in [1.165, 1.54) is 11.1 Å². The van der Waals surface area contributed by atoms with Gasteiger partial charge in [0, 0.05) is 18.6 Å². The molecule has 0 unspecified atom stereocenters. The number of anilines is 2. The maximum atomic E-state index is 5.97. The zero-order valence-corrected chi connectivity index (χ0v) is 11.4. The molecule has 2 aromatic rings. The number of nitrogen functional groups attached to an aromatic ring is 1. The molecule has 2 aromatic carbocycles. The molecule has 0 bridgehead atoms. The zero-order valence-electron chi connectivity index (χ0n) is 10.7. The Morgan fingerprint density at radius 2 is 1.78 bits per heavy atom. The van der Waals surface area contributed by atoms with Crippen molar-refractivity contribution in [3.05, 3.63) is 58.6 Å². The Bertz CT molecular complexity index is 535. The molecule has 0 saturated carbocycles. The van der Waals surface area contributed by atoms with Gasteiger partial charge in [-0.05, 0) is 30.7 Å². The number of halogens is 1. The largest absolute Gasteiger partial charge is 0.397 e. The van der Waals surface area contributed by atoms with Crippen LogP contribution >= 0.6 is 11.6 Å². The van der Waals surface area contributed by atoms with Crippen LogP contribution < -0.4 is 10.6 Å². The summed E-state index contributed by atoms with van der Waals surface area (Å²) in [7, 11) is 2.03. The molecular formula is C15H17ClN2. The second-order valence-corrected chi connectivity index (χ2v) is 4.98. The number of hydrogen-bond acceptors (Lipinski definition) is 2. The number of hydrogen-bond donors (Lipinski definition) is 1. The van der Waals surface area contributed by atoms with Crippen molar-refractivity contribution in [3.8, 4) is 0 Å². The average molecular weight is 261 g/mol. The van der Waals surface area contributed by atoms with Gasteiger partial charge in [0.15, 0.2) is 0 Å². The van der Waals surface area contributed by atoms with Crippen molar-refractivity contribution < 1.29 is 0 Å². The fraction of sp³-hybridized carbons (Fsp3) is 0.200. The lowest BCUT2D eigenvalue weighted by Gasteiger charge is -2.21. The Kier molecular flexibility index (Phi) is 3.78. The molecule has 0 radical (unpaired) electrons. The van der Waals surface area contributed by atoms with Crippen molar-refractivity contribution >= 4 is 23.0 Å². The van der Waals surface area contributed by atoms with Gasteiger partial charge in [-0.25, -0.2) is 0 Å². The highest BCUT2D eigenvalue weighted by Gasteiger charge is 2.06. The van der Waals surface area contributed by atoms with E-state index in [0.29, 0.717) is 10.7 Å². The lowest BCUT2D eigenvalue weighted by molar-refractivity contribution is 0.924. The van der Waals surface area contributed by atoms with Crippen molar-refractivity contribution in [2.24, 2.45) is 0 Å². The van der Waals surface area contributed by atoms with Gasteiger partial charge in [-0.3, -0.25) is 0 Å². The first-order valence-electron chi connectivity index (χ1n) is 5.88. The first-order chi connectivity index (χ1) is 8.56. The Morgan fingerprint density at radius 3 is 2.39 bits per heavy atom. The van der Waals surface area contributed by atoms with Gasteiger partial charge in [-0.1, -0.05) is 41.4 Å². The molecule has 2 nitrogen and oxygen atoms in total. The topological polar surface area (TPSA) is 29.3 Å². The summed E-state index contributed by atoms with van der Waals surface area (Å²) in [6.07, 6.45) is 0. The fourth-order valence-corrected chi connectivity index (χ4v) is 2.11. The molecule has 3 heteroatoms. The molecular weight excluding hydrogens is 244 g/mol. The summed E-state index contributed by atoms with van der Waals surface area (Å²) in [5.41, 5.74) is 10.2. The quantitative estimate of drug-likeness (QED) is 0.849. The van der Waals surface area contributed by atoms with Crippen LogP contribution in [0, 0.1) is 6.92 Å². The summed E-state index contributed by atoms with van der Waals surface area (Å²) >= 11 is 5.90. The summed E-state index contributed by atoms with van der Waals surface area (Å²) in [6, 6.07) is 14.1. The van der Waals surface area contributed by atoms with Crippen LogP contribution in [0.4, 0.5) is 11.4 Å². The number of nitrogens with two attached hydrogens (primary N) is 1. The second kappa shape index (κ2) is 5.32. The van der Waals surface area contributed by atoms with Crippen LogP contribution in [0.5, 0.6) is 0 Å². The predicted molar refractivity (Wildman–Crippen MR) is 79.2 cm³/mol. The highest BCUT2D eigenvalue weighted by atomic mass is 35.5. The monoisotopic (exact) mass is 260 g/mol. The first kappa shape index (κ1) is 12.8. The smallest absolute Gasteiger partial charge is 0.0601 e. The van der Waals surface area contributed by atoms with E-state index in [0.717, 1.165) is 12.2 Å². The third-order valence-corrected chi connectivity index (χ3v) is 3.18. The normalized spacial score (nSPS) is 10.4. The number of aryl methyl sites for hydroxylation is 1. The fourth-order valence-electron chi connectivity index (χ4n) is 1.93. The summed E-state index contributed by atoms with van der Waals surface area (Å²) in [5.74, 6) is 0. The molecule has 0 heterocycles. The van der Waals surface area contributed by atoms with Gasteiger partial charge in [-0.2, -0.15) is 0 Å². The number of nitrogens with zero attached hydrogens (tertiary/aromatic N) is 1. The SMILES string of the molecule is Cc1ccc(CN(C)c2ccc(Cl)cc2N)cc1. The minimum atomic E-state index is 0.667. The summed E-state index contributed by atoms with van der Waals surface area (Å²) in [5, 5.41) is 0.667. The molecule has 0 saturated heterocycles. The maximum absolute atomic E-state index is 5.97. The van der Waals surface area contributed by atoms with Gasteiger partial charge in [0.1, 0.15) is 0 Å². The molecule has 0 amide bonds. The third-order valence-electron chi connectivity index (χ3n) is 2.94. The number of benzene rings is 2. The predicted octanol–water partition coefficient (Wildman–Crippen LogP) is 3.87. The first-order valence-corrected chi connectivity index (χ1v) is 6.26. The van der Waals surface area contributed by atoms with E-state index in [9.17, 15) is 0 Å². The average Bonchev–Trinajstić information content (AvgIpc) is 2.32. The van der Waals surface area contributed by atoms with Crippen molar-refractivity contribution in [2.45, 2.75) is 13.5 Å². The van der Waals surface area contributed by atoms with Gasteiger partial charge >= 0.3 is 0 Å². The molecule has 0 fully saturated rings. The van der Waals surface area contributed by atoms with E-state index in [-0.39, 0.29) is 0 Å². The van der Waals surface area contributed by atoms with Crippen molar-refractivity contribution in [1.29, 1.82) is 0 Å². The molecule has 2 N–H and O–H groups in total. The molecule has 2 rings (SSSR count). The molecule has 18 heavy (non-hydrogen) atoms. The second-order valence-electron chi connectivity index (χ2n) is 4.54. The third kappa shape index (κ3) is 2.96. The Labute approximate surface area is 113 Å². The minimum absolute atomic E-state index is 0.667. The van der Waals surface area contributed by atoms with Crippen LogP contribution in [0.2, 0.25) is 5.02 Å². The summed E-state index contributed by atoms with van der Waals surface area (Å²) < 4.78 is 0. The van der Waals surface area contributed by atoms with Gasteiger partial charge < -0.3 is 10.6 Å². The highest BCUT2D eigenvalue weighted by molar-refractivity contribution is 6.31. The zero-order chi connectivity index (χ0) is 13.1. The van der Waals surface area contributed by atoms with E-state index in [2.05, 4.69) is 36.1 Å². The van der Waals surface area contributed by atoms with Crippen LogP contribution in [0.15, 0.2) is 42.5 Å². The van der Waals surface area contributed by atoms with Crippen LogP contribution in [-0.4, -0.2) is 7.05 Å².